The van der Waals surface area contributed by atoms with Crippen LogP contribution in [0.2, 0.25) is 0 Å². The second-order valence-electron chi connectivity index (χ2n) is 7.37. The highest BCUT2D eigenvalue weighted by Gasteiger charge is 2.31. The molecule has 1 heterocycles. The van der Waals surface area contributed by atoms with Gasteiger partial charge in [-0.25, -0.2) is 0 Å². The van der Waals surface area contributed by atoms with Crippen LogP contribution >= 0.6 is 0 Å². The highest BCUT2D eigenvalue weighted by Crippen LogP contribution is 2.29. The second-order valence-corrected chi connectivity index (χ2v) is 7.37. The molecule has 1 saturated carbocycles. The van der Waals surface area contributed by atoms with Crippen LogP contribution in [0.5, 0.6) is 0 Å². The summed E-state index contributed by atoms with van der Waals surface area (Å²) in [4.78, 5) is 16.8. The topological polar surface area (TPSA) is 69.8 Å². The summed E-state index contributed by atoms with van der Waals surface area (Å²) in [5.74, 6) is 1.18. The standard InChI is InChI=1S/C16H31N3O2/c1-16(2,21)12-18-7-9-19(10-8-18)15(20)14-5-3-13(11-17)4-6-14/h13-14,21H,3-12,17H2,1-2H3. The van der Waals surface area contributed by atoms with E-state index in [1.165, 1.54) is 0 Å². The van der Waals surface area contributed by atoms with Crippen molar-refractivity contribution in [1.29, 1.82) is 0 Å². The van der Waals surface area contributed by atoms with Gasteiger partial charge in [0.25, 0.3) is 0 Å². The SMILES string of the molecule is CC(C)(O)CN1CCN(C(=O)C2CCC(CN)CC2)CC1. The summed E-state index contributed by atoms with van der Waals surface area (Å²) < 4.78 is 0. The summed E-state index contributed by atoms with van der Waals surface area (Å²) >= 11 is 0. The minimum Gasteiger partial charge on any atom is -0.389 e. The molecule has 1 amide bonds. The number of β-amino-alcohol motifs (C(OH)–C–C–N with tert-alkyl or cyclic N) is 1. The zero-order valence-electron chi connectivity index (χ0n) is 13.6. The van der Waals surface area contributed by atoms with Gasteiger partial charge in [0, 0.05) is 38.6 Å². The van der Waals surface area contributed by atoms with Gasteiger partial charge in [-0.1, -0.05) is 0 Å². The Morgan fingerprint density at radius 2 is 1.71 bits per heavy atom. The Labute approximate surface area is 128 Å². The lowest BCUT2D eigenvalue weighted by atomic mass is 9.81. The molecule has 5 nitrogen and oxygen atoms in total. The van der Waals surface area contributed by atoms with E-state index in [0.717, 1.165) is 58.4 Å². The fourth-order valence-electron chi connectivity index (χ4n) is 3.58. The molecule has 2 rings (SSSR count). The number of carbonyl (C=O) groups excluding carboxylic acids is 1. The molecular weight excluding hydrogens is 266 g/mol. The fraction of sp³-hybridized carbons (Fsp3) is 0.938. The number of hydrogen-bond acceptors (Lipinski definition) is 4. The second kappa shape index (κ2) is 7.07. The lowest BCUT2D eigenvalue weighted by molar-refractivity contribution is -0.139. The van der Waals surface area contributed by atoms with E-state index >= 15 is 0 Å². The first kappa shape index (κ1) is 16.7. The molecule has 0 aromatic heterocycles. The number of amides is 1. The molecule has 2 aliphatic rings. The number of nitrogens with zero attached hydrogens (tertiary/aromatic N) is 2. The fourth-order valence-corrected chi connectivity index (χ4v) is 3.58. The van der Waals surface area contributed by atoms with Crippen LogP contribution in [-0.2, 0) is 4.79 Å². The predicted octanol–water partition coefficient (Wildman–Crippen LogP) is 0.667. The molecule has 2 fully saturated rings. The van der Waals surface area contributed by atoms with Gasteiger partial charge in [0.05, 0.1) is 5.60 Å². The number of rotatable bonds is 4. The quantitative estimate of drug-likeness (QED) is 0.800. The molecule has 0 spiro atoms. The molecule has 3 N–H and O–H groups in total. The van der Waals surface area contributed by atoms with Crippen LogP contribution in [0.1, 0.15) is 39.5 Å². The normalized spacial score (nSPS) is 28.7. The number of nitrogens with two attached hydrogens (primary N) is 1. The van der Waals surface area contributed by atoms with Crippen LogP contribution in [0.3, 0.4) is 0 Å². The van der Waals surface area contributed by atoms with Crippen molar-refractivity contribution < 1.29 is 9.90 Å². The van der Waals surface area contributed by atoms with Crippen LogP contribution in [0.25, 0.3) is 0 Å². The van der Waals surface area contributed by atoms with E-state index in [1.807, 2.05) is 18.7 Å². The van der Waals surface area contributed by atoms with Crippen molar-refractivity contribution in [3.05, 3.63) is 0 Å². The van der Waals surface area contributed by atoms with Crippen LogP contribution in [0.15, 0.2) is 0 Å². The van der Waals surface area contributed by atoms with E-state index in [4.69, 9.17) is 5.73 Å². The molecule has 0 atom stereocenters. The van der Waals surface area contributed by atoms with Crippen LogP contribution in [0.4, 0.5) is 0 Å². The Balaban J connectivity index is 1.76. The van der Waals surface area contributed by atoms with Crippen LogP contribution in [0, 0.1) is 11.8 Å². The first-order valence-electron chi connectivity index (χ1n) is 8.32. The van der Waals surface area contributed by atoms with Crippen molar-refractivity contribution in [2.24, 2.45) is 17.6 Å². The highest BCUT2D eigenvalue weighted by atomic mass is 16.3. The maximum atomic E-state index is 12.6. The Morgan fingerprint density at radius 1 is 1.14 bits per heavy atom. The number of carbonyl (C=O) groups is 1. The first-order valence-corrected chi connectivity index (χ1v) is 8.32. The van der Waals surface area contributed by atoms with Crippen LogP contribution in [-0.4, -0.2) is 65.7 Å². The van der Waals surface area contributed by atoms with Gasteiger partial charge in [0.1, 0.15) is 0 Å². The summed E-state index contributed by atoms with van der Waals surface area (Å²) in [6.45, 7) is 8.44. The number of aliphatic hydroxyl groups is 1. The van der Waals surface area contributed by atoms with Crippen molar-refractivity contribution >= 4 is 5.91 Å². The molecule has 1 aliphatic carbocycles. The molecule has 5 heteroatoms. The maximum Gasteiger partial charge on any atom is 0.225 e. The van der Waals surface area contributed by atoms with Crippen molar-refractivity contribution in [2.45, 2.75) is 45.1 Å². The minimum absolute atomic E-state index is 0.216. The monoisotopic (exact) mass is 297 g/mol. The van der Waals surface area contributed by atoms with Gasteiger partial charge in [-0.15, -0.1) is 0 Å². The van der Waals surface area contributed by atoms with Gasteiger partial charge in [0.15, 0.2) is 0 Å². The average molecular weight is 297 g/mol. The Hall–Kier alpha value is -0.650. The van der Waals surface area contributed by atoms with Crippen molar-refractivity contribution in [3.8, 4) is 0 Å². The largest absolute Gasteiger partial charge is 0.389 e. The lowest BCUT2D eigenvalue weighted by Gasteiger charge is -2.39. The van der Waals surface area contributed by atoms with Gasteiger partial charge in [-0.05, 0) is 52.0 Å². The zero-order valence-corrected chi connectivity index (χ0v) is 13.6. The summed E-state index contributed by atoms with van der Waals surface area (Å²) in [7, 11) is 0. The highest BCUT2D eigenvalue weighted by molar-refractivity contribution is 5.79. The minimum atomic E-state index is -0.660. The molecule has 0 aromatic rings. The van der Waals surface area contributed by atoms with Crippen LogP contribution < -0.4 is 5.73 Å². The molecular formula is C16H31N3O2. The maximum absolute atomic E-state index is 12.6. The molecule has 21 heavy (non-hydrogen) atoms. The Kier molecular flexibility index (Phi) is 5.63. The van der Waals surface area contributed by atoms with Gasteiger partial charge >= 0.3 is 0 Å². The number of piperazine rings is 1. The smallest absolute Gasteiger partial charge is 0.225 e. The molecule has 0 unspecified atom stereocenters. The van der Waals surface area contributed by atoms with E-state index < -0.39 is 5.60 Å². The van der Waals surface area contributed by atoms with E-state index in [-0.39, 0.29) is 5.92 Å². The third kappa shape index (κ3) is 4.94. The summed E-state index contributed by atoms with van der Waals surface area (Å²) in [5, 5.41) is 9.86. The molecule has 1 aliphatic heterocycles. The Bertz CT molecular complexity index is 338. The summed E-state index contributed by atoms with van der Waals surface area (Å²) in [6.07, 6.45) is 4.21. The molecule has 0 radical (unpaired) electrons. The van der Waals surface area contributed by atoms with E-state index in [1.54, 1.807) is 0 Å². The average Bonchev–Trinajstić information content (AvgIpc) is 2.46. The van der Waals surface area contributed by atoms with Gasteiger partial charge in [-0.2, -0.15) is 0 Å². The number of hydrogen-bond donors (Lipinski definition) is 2. The van der Waals surface area contributed by atoms with Gasteiger partial charge < -0.3 is 15.7 Å². The molecule has 122 valence electrons. The molecule has 0 bridgehead atoms. The Morgan fingerprint density at radius 3 is 2.19 bits per heavy atom. The van der Waals surface area contributed by atoms with E-state index in [0.29, 0.717) is 18.4 Å². The van der Waals surface area contributed by atoms with E-state index in [9.17, 15) is 9.90 Å². The van der Waals surface area contributed by atoms with Crippen molar-refractivity contribution in [3.63, 3.8) is 0 Å². The first-order chi connectivity index (χ1) is 9.89. The van der Waals surface area contributed by atoms with E-state index in [2.05, 4.69) is 4.90 Å². The van der Waals surface area contributed by atoms with Gasteiger partial charge in [-0.3, -0.25) is 9.69 Å². The third-order valence-corrected chi connectivity index (χ3v) is 4.82. The lowest BCUT2D eigenvalue weighted by Crippen LogP contribution is -2.53. The predicted molar refractivity (Wildman–Crippen MR) is 83.8 cm³/mol. The van der Waals surface area contributed by atoms with Crippen molar-refractivity contribution in [2.75, 3.05) is 39.3 Å². The molecule has 1 saturated heterocycles. The third-order valence-electron chi connectivity index (χ3n) is 4.82. The van der Waals surface area contributed by atoms with Crippen molar-refractivity contribution in [1.82, 2.24) is 9.80 Å². The summed E-state index contributed by atoms with van der Waals surface area (Å²) in [6, 6.07) is 0. The molecule has 0 aromatic carbocycles. The van der Waals surface area contributed by atoms with Gasteiger partial charge in [0.2, 0.25) is 5.91 Å². The zero-order chi connectivity index (χ0) is 15.5. The summed E-state index contributed by atoms with van der Waals surface area (Å²) in [5.41, 5.74) is 5.05.